The topological polar surface area (TPSA) is 94.1 Å². The maximum Gasteiger partial charge on any atom is 0.307 e. The van der Waals surface area contributed by atoms with Crippen molar-refractivity contribution in [3.05, 3.63) is 23.8 Å². The van der Waals surface area contributed by atoms with Crippen LogP contribution in [0, 0.1) is 11.8 Å². The zero-order valence-corrected chi connectivity index (χ0v) is 13.8. The number of benzene rings is 1. The quantitative estimate of drug-likeness (QED) is 0.834. The minimum atomic E-state index is -0.892. The number of nitrogens with one attached hydrogen (secondary N) is 1. The molecule has 7 heteroatoms. The molecule has 0 aromatic heterocycles. The number of fused-ring (bicyclic) bond motifs is 1. The molecule has 1 saturated carbocycles. The van der Waals surface area contributed by atoms with Crippen molar-refractivity contribution in [1.29, 1.82) is 0 Å². The van der Waals surface area contributed by atoms with Crippen molar-refractivity contribution in [2.45, 2.75) is 24.7 Å². The summed E-state index contributed by atoms with van der Waals surface area (Å²) in [4.78, 5) is 23.2. The van der Waals surface area contributed by atoms with Gasteiger partial charge in [0.15, 0.2) is 11.5 Å². The van der Waals surface area contributed by atoms with E-state index in [9.17, 15) is 9.59 Å². The van der Waals surface area contributed by atoms with Crippen LogP contribution in [-0.2, 0) is 19.7 Å². The van der Waals surface area contributed by atoms with E-state index in [1.165, 1.54) is 0 Å². The number of rotatable bonds is 5. The third-order valence-corrected chi connectivity index (χ3v) is 5.48. The van der Waals surface area contributed by atoms with Crippen LogP contribution in [0.25, 0.3) is 0 Å². The standard InChI is InChI=1S/C18H21NO6/c20-16(12-8-13(12)17(21)22)19-9-18(3-5-23-6-4-18)11-1-2-14-15(7-11)25-10-24-14/h1-2,7,12-13H,3-6,8-10H2,(H,19,20)(H,21,22)/t12-,13+/m1/s1. The molecule has 1 aliphatic carbocycles. The van der Waals surface area contributed by atoms with Crippen LogP contribution in [0.4, 0.5) is 0 Å². The molecule has 1 saturated heterocycles. The van der Waals surface area contributed by atoms with Gasteiger partial charge in [-0.1, -0.05) is 6.07 Å². The van der Waals surface area contributed by atoms with Gasteiger partial charge in [-0.2, -0.15) is 0 Å². The minimum Gasteiger partial charge on any atom is -0.481 e. The largest absolute Gasteiger partial charge is 0.481 e. The van der Waals surface area contributed by atoms with E-state index in [4.69, 9.17) is 19.3 Å². The Bertz CT molecular complexity index is 697. The van der Waals surface area contributed by atoms with Crippen molar-refractivity contribution in [3.8, 4) is 11.5 Å². The molecule has 2 aliphatic heterocycles. The van der Waals surface area contributed by atoms with Crippen LogP contribution in [0.2, 0.25) is 0 Å². The fourth-order valence-corrected chi connectivity index (χ4v) is 3.70. The van der Waals surface area contributed by atoms with Gasteiger partial charge >= 0.3 is 5.97 Å². The molecule has 1 aromatic carbocycles. The lowest BCUT2D eigenvalue weighted by molar-refractivity contribution is -0.140. The number of aliphatic carboxylic acids is 1. The zero-order chi connectivity index (χ0) is 17.4. The normalized spacial score (nSPS) is 26.1. The van der Waals surface area contributed by atoms with Gasteiger partial charge in [0, 0.05) is 25.2 Å². The van der Waals surface area contributed by atoms with Gasteiger partial charge in [0.25, 0.3) is 0 Å². The second kappa shape index (κ2) is 6.22. The Morgan fingerprint density at radius 3 is 2.64 bits per heavy atom. The lowest BCUT2D eigenvalue weighted by Crippen LogP contribution is -2.45. The molecule has 4 rings (SSSR count). The highest BCUT2D eigenvalue weighted by Crippen LogP contribution is 2.42. The Kier molecular flexibility index (Phi) is 4.03. The van der Waals surface area contributed by atoms with E-state index in [1.807, 2.05) is 18.2 Å². The van der Waals surface area contributed by atoms with Gasteiger partial charge in [-0.05, 0) is 37.0 Å². The molecule has 7 nitrogen and oxygen atoms in total. The van der Waals surface area contributed by atoms with E-state index in [2.05, 4.69) is 5.32 Å². The van der Waals surface area contributed by atoms with Crippen LogP contribution >= 0.6 is 0 Å². The summed E-state index contributed by atoms with van der Waals surface area (Å²) in [6.45, 7) is 1.96. The molecule has 0 spiro atoms. The van der Waals surface area contributed by atoms with E-state index < -0.39 is 17.8 Å². The predicted molar refractivity (Wildman–Crippen MR) is 86.5 cm³/mol. The molecular weight excluding hydrogens is 326 g/mol. The molecule has 0 unspecified atom stereocenters. The van der Waals surface area contributed by atoms with Crippen LogP contribution in [-0.4, -0.2) is 43.5 Å². The third kappa shape index (κ3) is 3.04. The Hall–Kier alpha value is -2.28. The molecule has 1 aromatic rings. The monoisotopic (exact) mass is 347 g/mol. The maximum absolute atomic E-state index is 12.3. The Morgan fingerprint density at radius 1 is 1.16 bits per heavy atom. The predicted octanol–water partition coefficient (Wildman–Crippen LogP) is 1.30. The minimum absolute atomic E-state index is 0.168. The summed E-state index contributed by atoms with van der Waals surface area (Å²) >= 11 is 0. The number of ether oxygens (including phenoxy) is 3. The number of hydrogen-bond acceptors (Lipinski definition) is 5. The second-order valence-corrected chi connectivity index (χ2v) is 6.97. The van der Waals surface area contributed by atoms with E-state index in [1.54, 1.807) is 0 Å². The van der Waals surface area contributed by atoms with Crippen molar-refractivity contribution >= 4 is 11.9 Å². The van der Waals surface area contributed by atoms with Gasteiger partial charge < -0.3 is 24.6 Å². The van der Waals surface area contributed by atoms with Crippen LogP contribution in [0.15, 0.2) is 18.2 Å². The van der Waals surface area contributed by atoms with Gasteiger partial charge in [0.1, 0.15) is 0 Å². The SMILES string of the molecule is O=C(O)[C@H]1C[C@H]1C(=O)NCC1(c2ccc3c(c2)OCO3)CCOCC1. The molecule has 0 bridgehead atoms. The Balaban J connectivity index is 1.50. The average molecular weight is 347 g/mol. The van der Waals surface area contributed by atoms with Gasteiger partial charge in [-0.3, -0.25) is 9.59 Å². The molecule has 0 radical (unpaired) electrons. The third-order valence-electron chi connectivity index (χ3n) is 5.48. The number of carboxylic acids is 1. The van der Waals surface area contributed by atoms with Gasteiger partial charge in [0.2, 0.25) is 12.7 Å². The molecule has 2 N–H and O–H groups in total. The van der Waals surface area contributed by atoms with Crippen molar-refractivity contribution in [3.63, 3.8) is 0 Å². The number of hydrogen-bond donors (Lipinski definition) is 2. The van der Waals surface area contributed by atoms with Gasteiger partial charge in [-0.25, -0.2) is 0 Å². The zero-order valence-electron chi connectivity index (χ0n) is 13.8. The number of carbonyl (C=O) groups is 2. The maximum atomic E-state index is 12.3. The first-order chi connectivity index (χ1) is 12.1. The molecule has 134 valence electrons. The first-order valence-corrected chi connectivity index (χ1v) is 8.57. The highest BCUT2D eigenvalue weighted by Gasteiger charge is 2.48. The van der Waals surface area contributed by atoms with Crippen molar-refractivity contribution in [2.75, 3.05) is 26.6 Å². The fraction of sp³-hybridized carbons (Fsp3) is 0.556. The summed E-state index contributed by atoms with van der Waals surface area (Å²) in [7, 11) is 0. The van der Waals surface area contributed by atoms with Crippen molar-refractivity contribution in [1.82, 2.24) is 5.32 Å². The summed E-state index contributed by atoms with van der Waals surface area (Å²) in [6, 6.07) is 5.90. The van der Waals surface area contributed by atoms with Crippen molar-refractivity contribution < 1.29 is 28.9 Å². The molecule has 2 heterocycles. The van der Waals surface area contributed by atoms with Crippen molar-refractivity contribution in [2.24, 2.45) is 11.8 Å². The smallest absolute Gasteiger partial charge is 0.307 e. The number of carbonyl (C=O) groups excluding carboxylic acids is 1. The van der Waals surface area contributed by atoms with E-state index in [0.717, 1.165) is 29.9 Å². The van der Waals surface area contributed by atoms with E-state index in [0.29, 0.717) is 26.2 Å². The Labute approximate surface area is 145 Å². The summed E-state index contributed by atoms with van der Waals surface area (Å²) in [5.41, 5.74) is 0.855. The Morgan fingerprint density at radius 2 is 1.92 bits per heavy atom. The summed E-state index contributed by atoms with van der Waals surface area (Å²) in [5, 5.41) is 12.0. The lowest BCUT2D eigenvalue weighted by atomic mass is 9.74. The first kappa shape index (κ1) is 16.2. The summed E-state index contributed by atoms with van der Waals surface area (Å²) in [6.07, 6.45) is 2.02. The number of carboxylic acid groups (broad SMARTS) is 1. The summed E-state index contributed by atoms with van der Waals surface area (Å²) < 4.78 is 16.4. The first-order valence-electron chi connectivity index (χ1n) is 8.57. The summed E-state index contributed by atoms with van der Waals surface area (Å²) in [5.74, 6) is -0.529. The average Bonchev–Trinajstić information content (AvgIpc) is 3.31. The van der Waals surface area contributed by atoms with Gasteiger partial charge in [-0.15, -0.1) is 0 Å². The van der Waals surface area contributed by atoms with Gasteiger partial charge in [0.05, 0.1) is 11.8 Å². The second-order valence-electron chi connectivity index (χ2n) is 6.97. The van der Waals surface area contributed by atoms with Crippen LogP contribution in [0.1, 0.15) is 24.8 Å². The number of amides is 1. The van der Waals surface area contributed by atoms with Crippen LogP contribution in [0.3, 0.4) is 0 Å². The molecule has 1 amide bonds. The highest BCUT2D eigenvalue weighted by molar-refractivity contribution is 5.89. The van der Waals surface area contributed by atoms with Crippen LogP contribution < -0.4 is 14.8 Å². The highest BCUT2D eigenvalue weighted by atomic mass is 16.7. The van der Waals surface area contributed by atoms with E-state index >= 15 is 0 Å². The molecule has 2 fully saturated rings. The fourth-order valence-electron chi connectivity index (χ4n) is 3.70. The molecule has 2 atom stereocenters. The lowest BCUT2D eigenvalue weighted by Gasteiger charge is -2.38. The molecule has 3 aliphatic rings. The molecule has 25 heavy (non-hydrogen) atoms. The molecular formula is C18H21NO6. The van der Waals surface area contributed by atoms with Crippen LogP contribution in [0.5, 0.6) is 11.5 Å². The van der Waals surface area contributed by atoms with E-state index in [-0.39, 0.29) is 18.1 Å².